The Morgan fingerprint density at radius 3 is 2.39 bits per heavy atom. The molecule has 0 heterocycles. The molecular weight excluding hydrogens is 222 g/mol. The van der Waals surface area contributed by atoms with Gasteiger partial charge in [-0.3, -0.25) is 0 Å². The lowest BCUT2D eigenvalue weighted by Crippen LogP contribution is -2.39. The van der Waals surface area contributed by atoms with Crippen LogP contribution in [0.3, 0.4) is 0 Å². The maximum Gasteiger partial charge on any atom is 0.0920 e. The van der Waals surface area contributed by atoms with Gasteiger partial charge >= 0.3 is 0 Å². The Balaban J connectivity index is 4.14. The lowest BCUT2D eigenvalue weighted by atomic mass is 9.98. The molecule has 3 heteroatoms. The van der Waals surface area contributed by atoms with E-state index in [1.165, 1.54) is 0 Å². The van der Waals surface area contributed by atoms with Crippen LogP contribution in [0, 0.1) is 5.92 Å². The van der Waals surface area contributed by atoms with Gasteiger partial charge in [0.2, 0.25) is 0 Å². The topological polar surface area (TPSA) is 50.1 Å². The van der Waals surface area contributed by atoms with Crippen molar-refractivity contribution in [2.75, 3.05) is 6.54 Å². The number of nitrogens with one attached hydrogen (secondary N) is 2. The van der Waals surface area contributed by atoms with Crippen LogP contribution < -0.4 is 16.4 Å². The van der Waals surface area contributed by atoms with Gasteiger partial charge in [-0.05, 0) is 19.3 Å². The minimum absolute atomic E-state index is 0.242. The second-order valence-electron chi connectivity index (χ2n) is 5.11. The standard InChI is InChI=1S/C15H29N3/c1-7-8-9-14(16)10-17-13(6)18-15(11(2)3)12(4)5/h9,12,15,17-18H,2,6-8,10,16H2,1,3-5H3/b14-9-. The molecule has 1 atom stereocenters. The van der Waals surface area contributed by atoms with Crippen molar-refractivity contribution in [3.63, 3.8) is 0 Å². The summed E-state index contributed by atoms with van der Waals surface area (Å²) in [7, 11) is 0. The predicted molar refractivity (Wildman–Crippen MR) is 80.9 cm³/mol. The van der Waals surface area contributed by atoms with Crippen LogP contribution in [0.1, 0.15) is 40.5 Å². The number of rotatable bonds is 9. The van der Waals surface area contributed by atoms with E-state index in [2.05, 4.69) is 50.6 Å². The monoisotopic (exact) mass is 251 g/mol. The number of nitrogens with two attached hydrogens (primary N) is 1. The summed E-state index contributed by atoms with van der Waals surface area (Å²) < 4.78 is 0. The van der Waals surface area contributed by atoms with E-state index in [0.29, 0.717) is 12.5 Å². The summed E-state index contributed by atoms with van der Waals surface area (Å²) in [5.41, 5.74) is 7.84. The second kappa shape index (κ2) is 8.67. The molecule has 1 unspecified atom stereocenters. The quantitative estimate of drug-likeness (QED) is 0.552. The molecule has 0 aliphatic heterocycles. The highest BCUT2D eigenvalue weighted by Gasteiger charge is 2.13. The van der Waals surface area contributed by atoms with E-state index >= 15 is 0 Å². The fourth-order valence-electron chi connectivity index (χ4n) is 1.71. The Morgan fingerprint density at radius 2 is 1.94 bits per heavy atom. The summed E-state index contributed by atoms with van der Waals surface area (Å²) in [5, 5.41) is 6.53. The summed E-state index contributed by atoms with van der Waals surface area (Å²) >= 11 is 0. The minimum atomic E-state index is 0.242. The van der Waals surface area contributed by atoms with Gasteiger partial charge in [0, 0.05) is 5.70 Å². The van der Waals surface area contributed by atoms with E-state index in [0.717, 1.165) is 29.9 Å². The molecule has 0 spiro atoms. The first kappa shape index (κ1) is 16.6. The van der Waals surface area contributed by atoms with Crippen molar-refractivity contribution in [1.82, 2.24) is 10.6 Å². The molecular formula is C15H29N3. The number of unbranched alkanes of at least 4 members (excludes halogenated alkanes) is 1. The molecule has 4 N–H and O–H groups in total. The molecule has 3 nitrogen and oxygen atoms in total. The molecule has 0 aliphatic rings. The molecule has 0 rings (SSSR count). The van der Waals surface area contributed by atoms with Crippen molar-refractivity contribution in [2.24, 2.45) is 11.7 Å². The van der Waals surface area contributed by atoms with E-state index in [1.54, 1.807) is 0 Å². The van der Waals surface area contributed by atoms with Gasteiger partial charge in [-0.15, -0.1) is 0 Å². The highest BCUT2D eigenvalue weighted by Crippen LogP contribution is 2.10. The number of hydrogen-bond donors (Lipinski definition) is 3. The molecule has 0 fully saturated rings. The van der Waals surface area contributed by atoms with Gasteiger partial charge in [-0.25, -0.2) is 0 Å². The molecule has 0 saturated carbocycles. The van der Waals surface area contributed by atoms with Crippen molar-refractivity contribution in [3.05, 3.63) is 36.3 Å². The van der Waals surface area contributed by atoms with Gasteiger partial charge < -0.3 is 16.4 Å². The molecule has 18 heavy (non-hydrogen) atoms. The van der Waals surface area contributed by atoms with Crippen LogP contribution in [0.5, 0.6) is 0 Å². The van der Waals surface area contributed by atoms with Crippen LogP contribution in [0.15, 0.2) is 36.3 Å². The second-order valence-corrected chi connectivity index (χ2v) is 5.11. The Morgan fingerprint density at radius 1 is 1.33 bits per heavy atom. The Kier molecular flexibility index (Phi) is 8.01. The van der Waals surface area contributed by atoms with Crippen LogP contribution in [-0.2, 0) is 0 Å². The van der Waals surface area contributed by atoms with Gasteiger partial charge in [0.05, 0.1) is 18.4 Å². The van der Waals surface area contributed by atoms with Crippen LogP contribution >= 0.6 is 0 Å². The van der Waals surface area contributed by atoms with Gasteiger partial charge in [0.25, 0.3) is 0 Å². The van der Waals surface area contributed by atoms with Gasteiger partial charge in [-0.1, -0.05) is 52.0 Å². The summed E-state index contributed by atoms with van der Waals surface area (Å²) in [5.74, 6) is 1.28. The van der Waals surface area contributed by atoms with E-state index in [4.69, 9.17) is 5.73 Å². The van der Waals surface area contributed by atoms with Crippen molar-refractivity contribution >= 4 is 0 Å². The zero-order chi connectivity index (χ0) is 14.1. The van der Waals surface area contributed by atoms with Gasteiger partial charge in [0.15, 0.2) is 0 Å². The largest absolute Gasteiger partial charge is 0.401 e. The van der Waals surface area contributed by atoms with Crippen LogP contribution in [0.4, 0.5) is 0 Å². The van der Waals surface area contributed by atoms with Crippen molar-refractivity contribution in [1.29, 1.82) is 0 Å². The molecule has 0 radical (unpaired) electrons. The lowest BCUT2D eigenvalue weighted by Gasteiger charge is -2.25. The summed E-state index contributed by atoms with van der Waals surface area (Å²) in [6, 6.07) is 0.242. The van der Waals surface area contributed by atoms with Gasteiger partial charge in [0.1, 0.15) is 0 Å². The Labute approximate surface area is 112 Å². The van der Waals surface area contributed by atoms with E-state index in [1.807, 2.05) is 6.92 Å². The highest BCUT2D eigenvalue weighted by molar-refractivity contribution is 5.09. The molecule has 0 aromatic carbocycles. The van der Waals surface area contributed by atoms with Crippen molar-refractivity contribution in [3.8, 4) is 0 Å². The van der Waals surface area contributed by atoms with Crippen molar-refractivity contribution < 1.29 is 0 Å². The third-order valence-electron chi connectivity index (χ3n) is 2.73. The number of allylic oxidation sites excluding steroid dienone is 1. The SMILES string of the molecule is C=C(NC/C(N)=C/CCC)NC(C(=C)C)C(C)C. The summed E-state index contributed by atoms with van der Waals surface area (Å²) in [6.45, 7) is 17.1. The summed E-state index contributed by atoms with van der Waals surface area (Å²) in [4.78, 5) is 0. The molecule has 104 valence electrons. The van der Waals surface area contributed by atoms with E-state index in [9.17, 15) is 0 Å². The maximum absolute atomic E-state index is 5.87. The maximum atomic E-state index is 5.87. The highest BCUT2D eigenvalue weighted by atomic mass is 15.1. The number of hydrogen-bond acceptors (Lipinski definition) is 3. The first-order chi connectivity index (χ1) is 8.38. The molecule has 0 saturated heterocycles. The fourth-order valence-corrected chi connectivity index (χ4v) is 1.71. The van der Waals surface area contributed by atoms with Crippen LogP contribution in [0.25, 0.3) is 0 Å². The Bertz CT molecular complexity index is 303. The molecule has 0 aliphatic carbocycles. The van der Waals surface area contributed by atoms with E-state index in [-0.39, 0.29) is 6.04 Å². The third kappa shape index (κ3) is 7.05. The average molecular weight is 251 g/mol. The molecule has 0 aromatic rings. The minimum Gasteiger partial charge on any atom is -0.401 e. The average Bonchev–Trinajstić information content (AvgIpc) is 2.29. The Hall–Kier alpha value is -1.38. The zero-order valence-corrected chi connectivity index (χ0v) is 12.3. The molecule has 0 bridgehead atoms. The first-order valence-electron chi connectivity index (χ1n) is 6.67. The predicted octanol–water partition coefficient (Wildman–Crippen LogP) is 2.88. The normalized spacial score (nSPS) is 13.3. The third-order valence-corrected chi connectivity index (χ3v) is 2.73. The van der Waals surface area contributed by atoms with E-state index < -0.39 is 0 Å². The van der Waals surface area contributed by atoms with Crippen LogP contribution in [-0.4, -0.2) is 12.6 Å². The fraction of sp³-hybridized carbons (Fsp3) is 0.600. The van der Waals surface area contributed by atoms with Crippen molar-refractivity contribution in [2.45, 2.75) is 46.6 Å². The zero-order valence-electron chi connectivity index (χ0n) is 12.3. The first-order valence-corrected chi connectivity index (χ1v) is 6.67. The van der Waals surface area contributed by atoms with Crippen LogP contribution in [0.2, 0.25) is 0 Å². The van der Waals surface area contributed by atoms with Gasteiger partial charge in [-0.2, -0.15) is 0 Å². The smallest absolute Gasteiger partial charge is 0.0920 e. The summed E-state index contributed by atoms with van der Waals surface area (Å²) in [6.07, 6.45) is 4.19. The lowest BCUT2D eigenvalue weighted by molar-refractivity contribution is 0.469. The molecule has 0 amide bonds. The molecule has 0 aromatic heterocycles.